The minimum Gasteiger partial charge on any atom is -0.372 e. The number of hydrogen-bond donors (Lipinski definition) is 3. The van der Waals surface area contributed by atoms with Crippen molar-refractivity contribution in [3.63, 3.8) is 0 Å². The number of likely N-dealkylation sites (tertiary alicyclic amines) is 1. The van der Waals surface area contributed by atoms with E-state index in [0.29, 0.717) is 19.3 Å². The molecule has 4 aromatic rings. The van der Waals surface area contributed by atoms with Gasteiger partial charge in [-0.05, 0) is 34.2 Å². The monoisotopic (exact) mass is 692 g/mol. The molecule has 3 N–H and O–H groups in total. The lowest BCUT2D eigenvalue weighted by Crippen LogP contribution is -2.59. The van der Waals surface area contributed by atoms with E-state index in [1.54, 1.807) is 20.8 Å². The zero-order valence-electron chi connectivity index (χ0n) is 29.0. The van der Waals surface area contributed by atoms with Crippen molar-refractivity contribution in [2.75, 3.05) is 6.54 Å². The third-order valence-corrected chi connectivity index (χ3v) is 9.01. The Kier molecular flexibility index (Phi) is 12.6. The van der Waals surface area contributed by atoms with Gasteiger partial charge in [0.1, 0.15) is 30.1 Å². The van der Waals surface area contributed by atoms with Gasteiger partial charge in [0.25, 0.3) is 5.91 Å². The van der Waals surface area contributed by atoms with Crippen LogP contribution >= 0.6 is 0 Å². The molecule has 0 bridgehead atoms. The van der Waals surface area contributed by atoms with Crippen LogP contribution in [0.3, 0.4) is 0 Å². The van der Waals surface area contributed by atoms with Crippen molar-refractivity contribution in [1.29, 1.82) is 0 Å². The van der Waals surface area contributed by atoms with E-state index in [1.165, 1.54) is 23.5 Å². The summed E-state index contributed by atoms with van der Waals surface area (Å²) >= 11 is 0. The molecule has 5 atom stereocenters. The van der Waals surface area contributed by atoms with Crippen LogP contribution in [0.25, 0.3) is 10.8 Å². The van der Waals surface area contributed by atoms with Gasteiger partial charge in [-0.25, -0.2) is 4.98 Å². The van der Waals surface area contributed by atoms with Crippen molar-refractivity contribution >= 4 is 40.7 Å². The first-order chi connectivity index (χ1) is 24.7. The summed E-state index contributed by atoms with van der Waals surface area (Å²) in [7, 11) is 0. The van der Waals surface area contributed by atoms with Crippen LogP contribution < -0.4 is 16.0 Å². The SMILES string of the molecule is CC[C@@H](C=O)NC(=O)[C@@H]1C[C@@H](OCc2ccccc2)CN1C(=O)[C@@H](NC(=O)[C@H](Cc1ccc2ccccc2c1)NC(=O)c1cnccn1)C(C)C. The summed E-state index contributed by atoms with van der Waals surface area (Å²) in [5, 5.41) is 10.4. The van der Waals surface area contributed by atoms with Gasteiger partial charge in [-0.15, -0.1) is 0 Å². The number of ether oxygens (including phenoxy) is 1. The van der Waals surface area contributed by atoms with E-state index in [0.717, 1.165) is 21.9 Å². The van der Waals surface area contributed by atoms with Gasteiger partial charge in [0.05, 0.1) is 24.9 Å². The maximum atomic E-state index is 14.4. The van der Waals surface area contributed by atoms with E-state index in [2.05, 4.69) is 25.9 Å². The summed E-state index contributed by atoms with van der Waals surface area (Å²) in [4.78, 5) is 76.2. The molecule has 0 saturated carbocycles. The van der Waals surface area contributed by atoms with Gasteiger partial charge in [0.2, 0.25) is 17.7 Å². The number of carbonyl (C=O) groups is 5. The third kappa shape index (κ3) is 9.61. The molecule has 1 saturated heterocycles. The van der Waals surface area contributed by atoms with Gasteiger partial charge in [0, 0.05) is 31.8 Å². The van der Waals surface area contributed by atoms with Gasteiger partial charge in [0.15, 0.2) is 0 Å². The second kappa shape index (κ2) is 17.4. The van der Waals surface area contributed by atoms with E-state index >= 15 is 0 Å². The first-order valence-corrected chi connectivity index (χ1v) is 17.2. The molecule has 266 valence electrons. The number of aldehydes is 1. The number of fused-ring (bicyclic) bond motifs is 1. The number of benzene rings is 3. The Balaban J connectivity index is 1.37. The molecule has 1 aliphatic heterocycles. The van der Waals surface area contributed by atoms with Crippen molar-refractivity contribution in [2.45, 2.75) is 76.9 Å². The van der Waals surface area contributed by atoms with Gasteiger partial charge >= 0.3 is 0 Å². The van der Waals surface area contributed by atoms with Crippen LogP contribution in [-0.2, 0) is 36.9 Å². The smallest absolute Gasteiger partial charge is 0.272 e. The molecule has 12 heteroatoms. The Labute approximate surface area is 297 Å². The number of rotatable bonds is 15. The molecule has 51 heavy (non-hydrogen) atoms. The summed E-state index contributed by atoms with van der Waals surface area (Å²) in [6.07, 6.45) is 5.10. The van der Waals surface area contributed by atoms with Gasteiger partial charge < -0.3 is 30.4 Å². The highest BCUT2D eigenvalue weighted by Gasteiger charge is 2.44. The molecule has 0 unspecified atom stereocenters. The highest BCUT2D eigenvalue weighted by molar-refractivity contribution is 5.98. The highest BCUT2D eigenvalue weighted by Crippen LogP contribution is 2.25. The fourth-order valence-electron chi connectivity index (χ4n) is 6.12. The number of aromatic nitrogens is 2. The fraction of sp³-hybridized carbons (Fsp3) is 0.359. The van der Waals surface area contributed by atoms with Gasteiger partial charge in [-0.3, -0.25) is 24.2 Å². The Morgan fingerprint density at radius 2 is 1.67 bits per heavy atom. The predicted molar refractivity (Wildman–Crippen MR) is 191 cm³/mol. The number of nitrogens with zero attached hydrogens (tertiary/aromatic N) is 3. The molecule has 3 aromatic carbocycles. The molecule has 4 amide bonds. The van der Waals surface area contributed by atoms with Crippen LogP contribution in [0, 0.1) is 5.92 Å². The van der Waals surface area contributed by atoms with Crippen molar-refractivity contribution in [3.05, 3.63) is 108 Å². The molecule has 2 heterocycles. The number of amides is 4. The van der Waals surface area contributed by atoms with E-state index in [1.807, 2.05) is 72.8 Å². The van der Waals surface area contributed by atoms with E-state index in [-0.39, 0.29) is 31.0 Å². The first-order valence-electron chi connectivity index (χ1n) is 17.2. The summed E-state index contributed by atoms with van der Waals surface area (Å²) in [5.74, 6) is -2.48. The predicted octanol–water partition coefficient (Wildman–Crippen LogP) is 3.39. The topological polar surface area (TPSA) is 160 Å². The van der Waals surface area contributed by atoms with Crippen molar-refractivity contribution < 1.29 is 28.7 Å². The maximum Gasteiger partial charge on any atom is 0.272 e. The Bertz CT molecular complexity index is 1820. The lowest BCUT2D eigenvalue weighted by molar-refractivity contribution is -0.143. The second-order valence-corrected chi connectivity index (χ2v) is 13.1. The average molecular weight is 693 g/mol. The lowest BCUT2D eigenvalue weighted by atomic mass is 9.98. The normalized spacial score (nSPS) is 17.4. The maximum absolute atomic E-state index is 14.4. The zero-order valence-corrected chi connectivity index (χ0v) is 29.0. The van der Waals surface area contributed by atoms with E-state index < -0.39 is 53.9 Å². The van der Waals surface area contributed by atoms with Crippen LogP contribution in [-0.4, -0.2) is 81.6 Å². The van der Waals surface area contributed by atoms with Crippen LogP contribution in [0.4, 0.5) is 0 Å². The standard InChI is InChI=1S/C39H44N6O6/c1-4-30(23-46)42-38(49)34-20-31(51-24-26-10-6-5-7-11-26)22-45(34)39(50)35(25(2)3)44-36(47)32(43-37(48)33-21-40-16-17-41-33)19-27-14-15-28-12-8-9-13-29(28)18-27/h5-18,21,23,25,30-32,34-35H,4,19-20,22,24H2,1-3H3,(H,42,49)(H,43,48)(H,44,47)/t30-,31+,32-,34-,35-/m0/s1. The summed E-state index contributed by atoms with van der Waals surface area (Å²) in [6, 6.07) is 19.5. The number of carbonyl (C=O) groups excluding carboxylic acids is 5. The Hall–Kier alpha value is -5.49. The molecule has 12 nitrogen and oxygen atoms in total. The van der Waals surface area contributed by atoms with Crippen LogP contribution in [0.2, 0.25) is 0 Å². The Morgan fingerprint density at radius 1 is 0.922 bits per heavy atom. The van der Waals surface area contributed by atoms with E-state index in [9.17, 15) is 24.0 Å². The molecule has 0 aliphatic carbocycles. The molecule has 0 spiro atoms. The number of nitrogens with one attached hydrogen (secondary N) is 3. The second-order valence-electron chi connectivity index (χ2n) is 13.1. The Morgan fingerprint density at radius 3 is 2.35 bits per heavy atom. The molecule has 0 radical (unpaired) electrons. The van der Waals surface area contributed by atoms with Gasteiger partial charge in [-0.2, -0.15) is 0 Å². The summed E-state index contributed by atoms with van der Waals surface area (Å²) < 4.78 is 6.16. The largest absolute Gasteiger partial charge is 0.372 e. The summed E-state index contributed by atoms with van der Waals surface area (Å²) in [6.45, 7) is 5.79. The first kappa shape index (κ1) is 36.8. The number of hydrogen-bond acceptors (Lipinski definition) is 8. The van der Waals surface area contributed by atoms with Crippen LogP contribution in [0.1, 0.15) is 55.2 Å². The average Bonchev–Trinajstić information content (AvgIpc) is 3.59. The summed E-state index contributed by atoms with van der Waals surface area (Å²) in [5.41, 5.74) is 1.79. The minimum absolute atomic E-state index is 0.0403. The zero-order chi connectivity index (χ0) is 36.3. The third-order valence-electron chi connectivity index (χ3n) is 9.01. The highest BCUT2D eigenvalue weighted by atomic mass is 16.5. The van der Waals surface area contributed by atoms with Gasteiger partial charge in [-0.1, -0.05) is 93.6 Å². The molecule has 1 aromatic heterocycles. The van der Waals surface area contributed by atoms with Crippen molar-refractivity contribution in [2.24, 2.45) is 5.92 Å². The minimum atomic E-state index is -1.08. The lowest BCUT2D eigenvalue weighted by Gasteiger charge is -2.31. The van der Waals surface area contributed by atoms with Crippen molar-refractivity contribution in [1.82, 2.24) is 30.8 Å². The quantitative estimate of drug-likeness (QED) is 0.160. The molecule has 1 aliphatic rings. The molecular weight excluding hydrogens is 648 g/mol. The molecule has 5 rings (SSSR count). The fourth-order valence-corrected chi connectivity index (χ4v) is 6.12. The van der Waals surface area contributed by atoms with Crippen LogP contribution in [0.15, 0.2) is 91.4 Å². The molecular formula is C39H44N6O6. The van der Waals surface area contributed by atoms with Crippen LogP contribution in [0.5, 0.6) is 0 Å². The van der Waals surface area contributed by atoms with E-state index in [4.69, 9.17) is 4.74 Å². The molecule has 1 fully saturated rings. The van der Waals surface area contributed by atoms with Crippen molar-refractivity contribution in [3.8, 4) is 0 Å².